The summed E-state index contributed by atoms with van der Waals surface area (Å²) in [6.07, 6.45) is 0.814. The maximum Gasteiger partial charge on any atom is 0.311 e. The van der Waals surface area contributed by atoms with Crippen LogP contribution in [0.2, 0.25) is 0 Å². The van der Waals surface area contributed by atoms with Gasteiger partial charge < -0.3 is 4.74 Å². The number of aryl methyl sites for hydroxylation is 1. The SMILES string of the molecule is CCCn1nnnc1NC(=S)NC(=O)c1ccc(OCC)c([N+](=O)[O-])c1. The molecule has 2 aromatic rings. The zero-order valence-corrected chi connectivity index (χ0v) is 14.9. The highest BCUT2D eigenvalue weighted by Crippen LogP contribution is 2.27. The number of hydrogen-bond acceptors (Lipinski definition) is 8. The zero-order valence-electron chi connectivity index (χ0n) is 14.1. The van der Waals surface area contributed by atoms with Crippen molar-refractivity contribution >= 4 is 34.9 Å². The number of thiocarbonyl (C=S) groups is 1. The van der Waals surface area contributed by atoms with Crippen LogP contribution in [0.3, 0.4) is 0 Å². The average Bonchev–Trinajstić information content (AvgIpc) is 3.02. The van der Waals surface area contributed by atoms with Crippen molar-refractivity contribution in [2.45, 2.75) is 26.8 Å². The lowest BCUT2D eigenvalue weighted by Gasteiger charge is -2.10. The van der Waals surface area contributed by atoms with Crippen LogP contribution < -0.4 is 15.4 Å². The van der Waals surface area contributed by atoms with Crippen molar-refractivity contribution in [3.63, 3.8) is 0 Å². The van der Waals surface area contributed by atoms with Gasteiger partial charge >= 0.3 is 5.69 Å². The largest absolute Gasteiger partial charge is 0.487 e. The predicted octanol–water partition coefficient (Wildman–Crippen LogP) is 1.52. The van der Waals surface area contributed by atoms with Gasteiger partial charge in [-0.2, -0.15) is 0 Å². The second kappa shape index (κ2) is 8.80. The summed E-state index contributed by atoms with van der Waals surface area (Å²) in [5.74, 6) is -0.230. The molecule has 1 amide bonds. The summed E-state index contributed by atoms with van der Waals surface area (Å²) in [6.45, 7) is 4.52. The van der Waals surface area contributed by atoms with Crippen LogP contribution in [0.15, 0.2) is 18.2 Å². The standard InChI is InChI=1S/C14H17N7O4S/c1-3-7-20-13(17-18-19-20)16-14(26)15-12(22)9-5-6-11(25-4-2)10(8-9)21(23)24/h5-6,8H,3-4,7H2,1-2H3,(H2,15,16,17,19,22,26). The zero-order chi connectivity index (χ0) is 19.1. The molecule has 26 heavy (non-hydrogen) atoms. The fraction of sp³-hybridized carbons (Fsp3) is 0.357. The molecule has 0 fully saturated rings. The van der Waals surface area contributed by atoms with E-state index in [1.807, 2.05) is 6.92 Å². The Morgan fingerprint density at radius 2 is 2.19 bits per heavy atom. The second-order valence-electron chi connectivity index (χ2n) is 5.01. The Balaban J connectivity index is 2.09. The summed E-state index contributed by atoms with van der Waals surface area (Å²) >= 11 is 5.06. The number of anilines is 1. The van der Waals surface area contributed by atoms with Gasteiger partial charge in [0.05, 0.1) is 11.5 Å². The summed E-state index contributed by atoms with van der Waals surface area (Å²) in [5, 5.41) is 27.3. The number of aromatic nitrogens is 4. The first-order chi connectivity index (χ1) is 12.5. The number of nitro groups is 1. The van der Waals surface area contributed by atoms with Crippen molar-refractivity contribution in [3.8, 4) is 5.75 Å². The first-order valence-electron chi connectivity index (χ1n) is 7.76. The van der Waals surface area contributed by atoms with Crippen LogP contribution in [0.5, 0.6) is 5.75 Å². The molecule has 0 aliphatic heterocycles. The molecule has 0 unspecified atom stereocenters. The number of nitrogens with zero attached hydrogens (tertiary/aromatic N) is 5. The highest BCUT2D eigenvalue weighted by molar-refractivity contribution is 7.80. The Kier molecular flexibility index (Phi) is 6.49. The van der Waals surface area contributed by atoms with Gasteiger partial charge in [0, 0.05) is 18.2 Å². The number of carbonyl (C=O) groups is 1. The number of carbonyl (C=O) groups excluding carboxylic acids is 1. The van der Waals surface area contributed by atoms with E-state index in [1.165, 1.54) is 16.8 Å². The first-order valence-corrected chi connectivity index (χ1v) is 8.16. The summed E-state index contributed by atoms with van der Waals surface area (Å²) in [6, 6.07) is 3.91. The molecule has 0 radical (unpaired) electrons. The molecule has 138 valence electrons. The van der Waals surface area contributed by atoms with Gasteiger partial charge in [-0.15, -0.1) is 0 Å². The number of hydrogen-bond donors (Lipinski definition) is 2. The van der Waals surface area contributed by atoms with Gasteiger partial charge in [-0.3, -0.25) is 25.5 Å². The molecular weight excluding hydrogens is 362 g/mol. The van der Waals surface area contributed by atoms with E-state index >= 15 is 0 Å². The molecule has 1 heterocycles. The van der Waals surface area contributed by atoms with Crippen LogP contribution >= 0.6 is 12.2 Å². The Hall–Kier alpha value is -3.15. The molecule has 2 N–H and O–H groups in total. The topological polar surface area (TPSA) is 137 Å². The number of nitro benzene ring substituents is 1. The molecular formula is C14H17N7O4S. The predicted molar refractivity (Wildman–Crippen MR) is 96.1 cm³/mol. The molecule has 0 bridgehead atoms. The number of tetrazole rings is 1. The average molecular weight is 379 g/mol. The summed E-state index contributed by atoms with van der Waals surface area (Å²) < 4.78 is 6.68. The summed E-state index contributed by atoms with van der Waals surface area (Å²) in [7, 11) is 0. The van der Waals surface area contributed by atoms with Crippen molar-refractivity contribution in [2.24, 2.45) is 0 Å². The monoisotopic (exact) mass is 379 g/mol. The van der Waals surface area contributed by atoms with Crippen LogP contribution in [-0.2, 0) is 6.54 Å². The van der Waals surface area contributed by atoms with Crippen LogP contribution in [0.4, 0.5) is 11.6 Å². The molecule has 1 aromatic heterocycles. The normalized spacial score (nSPS) is 10.2. The van der Waals surface area contributed by atoms with Crippen LogP contribution in [0.25, 0.3) is 0 Å². The molecule has 0 saturated carbocycles. The fourth-order valence-electron chi connectivity index (χ4n) is 2.04. The third-order valence-corrected chi connectivity index (χ3v) is 3.34. The Labute approximate surface area is 153 Å². The van der Waals surface area contributed by atoms with E-state index in [9.17, 15) is 14.9 Å². The van der Waals surface area contributed by atoms with E-state index in [0.29, 0.717) is 6.54 Å². The van der Waals surface area contributed by atoms with Crippen molar-refractivity contribution in [1.82, 2.24) is 25.5 Å². The Morgan fingerprint density at radius 3 is 2.85 bits per heavy atom. The van der Waals surface area contributed by atoms with Crippen LogP contribution in [-0.4, -0.2) is 42.8 Å². The summed E-state index contributed by atoms with van der Waals surface area (Å²) in [4.78, 5) is 22.8. The lowest BCUT2D eigenvalue weighted by Crippen LogP contribution is -2.35. The van der Waals surface area contributed by atoms with E-state index in [-0.39, 0.29) is 34.7 Å². The van der Waals surface area contributed by atoms with E-state index in [2.05, 4.69) is 26.2 Å². The minimum atomic E-state index is -0.614. The fourth-order valence-corrected chi connectivity index (χ4v) is 2.23. The number of nitrogens with one attached hydrogen (secondary N) is 2. The van der Waals surface area contributed by atoms with Gasteiger partial charge in [-0.25, -0.2) is 4.68 Å². The van der Waals surface area contributed by atoms with E-state index in [1.54, 1.807) is 6.92 Å². The van der Waals surface area contributed by atoms with Crippen molar-refractivity contribution in [3.05, 3.63) is 33.9 Å². The lowest BCUT2D eigenvalue weighted by molar-refractivity contribution is -0.385. The van der Waals surface area contributed by atoms with E-state index < -0.39 is 10.8 Å². The first kappa shape index (κ1) is 19.2. The van der Waals surface area contributed by atoms with Crippen LogP contribution in [0.1, 0.15) is 30.6 Å². The van der Waals surface area contributed by atoms with Gasteiger partial charge in [0.2, 0.25) is 5.95 Å². The number of ether oxygens (including phenoxy) is 1. The van der Waals surface area contributed by atoms with Gasteiger partial charge in [0.15, 0.2) is 10.9 Å². The molecule has 0 spiro atoms. The maximum absolute atomic E-state index is 12.3. The van der Waals surface area contributed by atoms with E-state index in [4.69, 9.17) is 17.0 Å². The van der Waals surface area contributed by atoms with E-state index in [0.717, 1.165) is 12.5 Å². The molecule has 2 rings (SSSR count). The molecule has 0 atom stereocenters. The highest BCUT2D eigenvalue weighted by atomic mass is 32.1. The lowest BCUT2D eigenvalue weighted by atomic mass is 10.1. The third-order valence-electron chi connectivity index (χ3n) is 3.14. The minimum absolute atomic E-state index is 0.0290. The molecule has 12 heteroatoms. The van der Waals surface area contributed by atoms with Gasteiger partial charge in [-0.05, 0) is 48.1 Å². The van der Waals surface area contributed by atoms with Gasteiger partial charge in [0.25, 0.3) is 5.91 Å². The van der Waals surface area contributed by atoms with Gasteiger partial charge in [-0.1, -0.05) is 12.0 Å². The third kappa shape index (κ3) is 4.69. The highest BCUT2D eigenvalue weighted by Gasteiger charge is 2.19. The molecule has 11 nitrogen and oxygen atoms in total. The molecule has 0 aliphatic rings. The second-order valence-corrected chi connectivity index (χ2v) is 5.41. The molecule has 0 saturated heterocycles. The summed E-state index contributed by atoms with van der Waals surface area (Å²) in [5.41, 5.74) is -0.234. The Morgan fingerprint density at radius 1 is 1.42 bits per heavy atom. The molecule has 0 aliphatic carbocycles. The smallest absolute Gasteiger partial charge is 0.311 e. The number of amides is 1. The van der Waals surface area contributed by atoms with Crippen LogP contribution in [0, 0.1) is 10.1 Å². The molecule has 1 aromatic carbocycles. The van der Waals surface area contributed by atoms with Gasteiger partial charge in [0.1, 0.15) is 0 Å². The van der Waals surface area contributed by atoms with Crippen molar-refractivity contribution in [2.75, 3.05) is 11.9 Å². The van der Waals surface area contributed by atoms with Crippen molar-refractivity contribution < 1.29 is 14.5 Å². The quantitative estimate of drug-likeness (QED) is 0.416. The minimum Gasteiger partial charge on any atom is -0.487 e. The maximum atomic E-state index is 12.3. The number of benzene rings is 1. The van der Waals surface area contributed by atoms with Crippen molar-refractivity contribution in [1.29, 1.82) is 0 Å². The Bertz CT molecular complexity index is 823. The number of rotatable bonds is 7.